The van der Waals surface area contributed by atoms with E-state index >= 15 is 0 Å². The average molecular weight is 331 g/mol. The van der Waals surface area contributed by atoms with Crippen molar-refractivity contribution in [2.24, 2.45) is 5.92 Å². The van der Waals surface area contributed by atoms with Gasteiger partial charge >= 0.3 is 37.7 Å². The van der Waals surface area contributed by atoms with Gasteiger partial charge in [0, 0.05) is 0 Å². The summed E-state index contributed by atoms with van der Waals surface area (Å²) >= 11 is 0. The number of hydrogen-bond acceptors (Lipinski definition) is 4. The van der Waals surface area contributed by atoms with Gasteiger partial charge in [0.1, 0.15) is 0 Å². The van der Waals surface area contributed by atoms with E-state index in [0.29, 0.717) is 0 Å². The third kappa shape index (κ3) is 20.3. The van der Waals surface area contributed by atoms with Crippen molar-refractivity contribution in [2.45, 2.75) is 39.5 Å². The molecule has 0 saturated carbocycles. The molecular formula is C8H22BO5Sb. The van der Waals surface area contributed by atoms with Crippen LogP contribution in [-0.2, 0) is 4.79 Å². The van der Waals surface area contributed by atoms with Gasteiger partial charge in [-0.25, -0.2) is 0 Å². The molecule has 0 aliphatic rings. The van der Waals surface area contributed by atoms with Crippen molar-refractivity contribution >= 4 is 37.7 Å². The molecule has 0 aliphatic carbocycles. The first-order valence-electron chi connectivity index (χ1n) is 4.72. The minimum absolute atomic E-state index is 0. The van der Waals surface area contributed by atoms with E-state index in [2.05, 4.69) is 6.92 Å². The maximum atomic E-state index is 10.4. The van der Waals surface area contributed by atoms with E-state index in [1.807, 2.05) is 6.92 Å². The summed E-state index contributed by atoms with van der Waals surface area (Å²) in [4.78, 5) is 10.4. The monoisotopic (exact) mass is 330 g/mol. The Kier molecular flexibility index (Phi) is 19.6. The Morgan fingerprint density at radius 1 is 1.27 bits per heavy atom. The van der Waals surface area contributed by atoms with Gasteiger partial charge in [-0.2, -0.15) is 0 Å². The molecule has 0 bridgehead atoms. The zero-order chi connectivity index (χ0) is 11.6. The van der Waals surface area contributed by atoms with Crippen LogP contribution in [0.3, 0.4) is 0 Å². The zero-order valence-corrected chi connectivity index (χ0v) is 13.4. The summed E-state index contributed by atoms with van der Waals surface area (Å²) in [6.45, 7) is 4.00. The summed E-state index contributed by atoms with van der Waals surface area (Å²) in [5, 5.41) is 30.1. The molecule has 0 amide bonds. The third-order valence-corrected chi connectivity index (χ3v) is 1.75. The zero-order valence-electron chi connectivity index (χ0n) is 9.39. The number of rotatable bonds is 5. The summed E-state index contributed by atoms with van der Waals surface area (Å²) in [5.41, 5.74) is 0. The van der Waals surface area contributed by atoms with E-state index in [4.69, 9.17) is 20.2 Å². The van der Waals surface area contributed by atoms with E-state index in [-0.39, 0.29) is 30.3 Å². The van der Waals surface area contributed by atoms with Gasteiger partial charge in [0.05, 0.1) is 5.92 Å². The molecule has 5 nitrogen and oxygen atoms in total. The van der Waals surface area contributed by atoms with Crippen LogP contribution in [0.25, 0.3) is 0 Å². The van der Waals surface area contributed by atoms with E-state index in [9.17, 15) is 4.79 Å². The first-order chi connectivity index (χ1) is 6.45. The van der Waals surface area contributed by atoms with Gasteiger partial charge in [-0.15, -0.1) is 0 Å². The minimum atomic E-state index is -2.17. The molecule has 0 aromatic rings. The van der Waals surface area contributed by atoms with Crippen LogP contribution in [0.1, 0.15) is 39.5 Å². The van der Waals surface area contributed by atoms with E-state index in [1.54, 1.807) is 0 Å². The third-order valence-electron chi connectivity index (χ3n) is 1.75. The van der Waals surface area contributed by atoms with Gasteiger partial charge in [0.25, 0.3) is 0 Å². The topological polar surface area (TPSA) is 98.0 Å². The molecular weight excluding hydrogens is 309 g/mol. The number of unbranched alkanes of at least 4 members (excludes halogenated alkanes) is 1. The average Bonchev–Trinajstić information content (AvgIpc) is 2.04. The van der Waals surface area contributed by atoms with Gasteiger partial charge in [0.15, 0.2) is 0 Å². The quantitative estimate of drug-likeness (QED) is 0.487. The molecule has 0 aliphatic heterocycles. The number of carboxylic acid groups (broad SMARTS) is 1. The van der Waals surface area contributed by atoms with Crippen molar-refractivity contribution in [1.82, 2.24) is 0 Å². The summed E-state index contributed by atoms with van der Waals surface area (Å²) in [6, 6.07) is 0. The van der Waals surface area contributed by atoms with Gasteiger partial charge in [0.2, 0.25) is 0 Å². The van der Waals surface area contributed by atoms with Gasteiger partial charge in [-0.3, -0.25) is 4.79 Å². The Morgan fingerprint density at radius 3 is 1.87 bits per heavy atom. The van der Waals surface area contributed by atoms with E-state index in [1.165, 1.54) is 0 Å². The van der Waals surface area contributed by atoms with Crippen LogP contribution in [0, 0.1) is 5.92 Å². The molecule has 15 heavy (non-hydrogen) atoms. The molecule has 0 aromatic carbocycles. The fraction of sp³-hybridized carbons (Fsp3) is 0.875. The van der Waals surface area contributed by atoms with Crippen LogP contribution in [0.2, 0.25) is 0 Å². The van der Waals surface area contributed by atoms with Crippen LogP contribution in [-0.4, -0.2) is 57.9 Å². The molecule has 1 atom stereocenters. The predicted molar refractivity (Wildman–Crippen MR) is 63.3 cm³/mol. The molecule has 0 aromatic heterocycles. The predicted octanol–water partition coefficient (Wildman–Crippen LogP) is -0.948. The first-order valence-corrected chi connectivity index (χ1v) is 4.72. The molecule has 0 heterocycles. The molecule has 0 rings (SSSR count). The van der Waals surface area contributed by atoms with Crippen molar-refractivity contribution in [3.05, 3.63) is 0 Å². The number of aliphatic carboxylic acids is 1. The number of hydrogen-bond donors (Lipinski definition) is 4. The summed E-state index contributed by atoms with van der Waals surface area (Å²) < 4.78 is 0. The number of carbonyl (C=O) groups is 1. The Hall–Kier alpha value is 0.233. The van der Waals surface area contributed by atoms with Crippen LogP contribution < -0.4 is 0 Å². The standard InChI is InChI=1S/C8H16O2.BH3O3.Sb.3H/c1-3-5-6-7(4-2)8(9)10;2-1(3)4;;;;/h7H,3-6H2,1-2H3,(H,9,10);2-4H;;;;. The molecule has 0 spiro atoms. The van der Waals surface area contributed by atoms with Crippen molar-refractivity contribution < 1.29 is 25.0 Å². The van der Waals surface area contributed by atoms with E-state index in [0.717, 1.165) is 25.7 Å². The van der Waals surface area contributed by atoms with Crippen LogP contribution in [0.15, 0.2) is 0 Å². The summed E-state index contributed by atoms with van der Waals surface area (Å²) in [6.07, 6.45) is 3.71. The van der Waals surface area contributed by atoms with Gasteiger partial charge < -0.3 is 20.2 Å². The second-order valence-corrected chi connectivity index (χ2v) is 2.93. The molecule has 7 heteroatoms. The van der Waals surface area contributed by atoms with Crippen LogP contribution >= 0.6 is 0 Å². The second kappa shape index (κ2) is 14.2. The molecule has 0 fully saturated rings. The fourth-order valence-corrected chi connectivity index (χ4v) is 0.953. The number of carboxylic acids is 1. The van der Waals surface area contributed by atoms with Crippen LogP contribution in [0.4, 0.5) is 0 Å². The Bertz CT molecular complexity index is 142. The SMILES string of the molecule is CCCCC(CC)C(=O)O.OB(O)O.[SbH3]. The Morgan fingerprint density at radius 2 is 1.67 bits per heavy atom. The molecule has 0 saturated heterocycles. The first kappa shape index (κ1) is 20.6. The van der Waals surface area contributed by atoms with Crippen molar-refractivity contribution in [3.63, 3.8) is 0 Å². The molecule has 0 radical (unpaired) electrons. The summed E-state index contributed by atoms with van der Waals surface area (Å²) in [5.74, 6) is -0.754. The fourth-order valence-electron chi connectivity index (χ4n) is 0.953. The Balaban J connectivity index is -0.000000249. The molecule has 1 unspecified atom stereocenters. The Labute approximate surface area is 108 Å². The second-order valence-electron chi connectivity index (χ2n) is 2.93. The van der Waals surface area contributed by atoms with Crippen molar-refractivity contribution in [1.29, 1.82) is 0 Å². The van der Waals surface area contributed by atoms with Crippen LogP contribution in [0.5, 0.6) is 0 Å². The molecule has 4 N–H and O–H groups in total. The van der Waals surface area contributed by atoms with E-state index < -0.39 is 13.3 Å². The van der Waals surface area contributed by atoms with Gasteiger partial charge in [-0.05, 0) is 12.8 Å². The normalized spacial score (nSPS) is 10.5. The maximum absolute atomic E-state index is 10.4. The van der Waals surface area contributed by atoms with Crippen molar-refractivity contribution in [3.8, 4) is 0 Å². The molecule has 92 valence electrons. The summed E-state index contributed by atoms with van der Waals surface area (Å²) in [7, 11) is -2.17. The van der Waals surface area contributed by atoms with Gasteiger partial charge in [-0.1, -0.05) is 26.7 Å². The van der Waals surface area contributed by atoms with Crippen molar-refractivity contribution in [2.75, 3.05) is 0 Å².